The zero-order chi connectivity index (χ0) is 10.7. The molecule has 0 rings (SSSR count). The van der Waals surface area contributed by atoms with E-state index in [9.17, 15) is 9.13 Å². The van der Waals surface area contributed by atoms with E-state index in [1.807, 2.05) is 5.32 Å². The maximum atomic E-state index is 10.6. The van der Waals surface area contributed by atoms with E-state index in [0.29, 0.717) is 0 Å². The van der Waals surface area contributed by atoms with Crippen LogP contribution < -0.4 is 5.32 Å². The van der Waals surface area contributed by atoms with Gasteiger partial charge in [0.25, 0.3) is 0 Å². The fourth-order valence-electron chi connectivity index (χ4n) is 0.623. The van der Waals surface area contributed by atoms with Crippen molar-refractivity contribution in [3.8, 4) is 0 Å². The molecule has 0 bridgehead atoms. The fraction of sp³-hybridized carbons (Fsp3) is 0.500. The lowest BCUT2D eigenvalue weighted by Crippen LogP contribution is -2.28. The molecule has 0 saturated heterocycles. The molecule has 0 unspecified atom stereocenters. The van der Waals surface area contributed by atoms with Crippen LogP contribution in [0, 0.1) is 0 Å². The lowest BCUT2D eigenvalue weighted by molar-refractivity contribution is 0.330. The molecule has 0 spiro atoms. The maximum Gasteiger partial charge on any atom is 0.354 e. The largest absolute Gasteiger partial charge is 0.354 e. The summed E-state index contributed by atoms with van der Waals surface area (Å²) in [7, 11) is -9.70. The predicted molar refractivity (Wildman–Crippen MR) is 46.1 cm³/mol. The molecule has 0 saturated carbocycles. The highest BCUT2D eigenvalue weighted by molar-refractivity contribution is 7.70. The van der Waals surface area contributed by atoms with Crippen LogP contribution in [0.2, 0.25) is 0 Å². The van der Waals surface area contributed by atoms with Crippen molar-refractivity contribution in [3.05, 3.63) is 12.7 Å². The molecule has 7 nitrogen and oxygen atoms in total. The lowest BCUT2D eigenvalue weighted by atomic mass is 10.6. The van der Waals surface area contributed by atoms with Gasteiger partial charge in [0.2, 0.25) is 5.52 Å². The first-order valence-electron chi connectivity index (χ1n) is 3.14. The summed E-state index contributed by atoms with van der Waals surface area (Å²) < 4.78 is 21.2. The Hall–Kier alpha value is -0.0000000000000000416. The van der Waals surface area contributed by atoms with Crippen molar-refractivity contribution in [3.63, 3.8) is 0 Å². The molecule has 9 heteroatoms. The van der Waals surface area contributed by atoms with E-state index in [0.717, 1.165) is 0 Å². The molecule has 0 aromatic heterocycles. The minimum atomic E-state index is -4.85. The standard InChI is InChI=1S/C4H11NO6P2/c1-2-3-5-4(12(6,7)8)13(9,10)11/h2,4-5H,1,3H2,(H2,6,7,8)(H2,9,10,11). The van der Waals surface area contributed by atoms with Crippen molar-refractivity contribution in [2.24, 2.45) is 0 Å². The van der Waals surface area contributed by atoms with Crippen LogP contribution in [0.3, 0.4) is 0 Å². The number of rotatable bonds is 5. The zero-order valence-electron chi connectivity index (χ0n) is 6.57. The van der Waals surface area contributed by atoms with Gasteiger partial charge in [-0.15, -0.1) is 6.58 Å². The Kier molecular flexibility index (Phi) is 4.48. The third kappa shape index (κ3) is 4.69. The Bertz CT molecular complexity index is 244. The molecule has 0 radical (unpaired) electrons. The Labute approximate surface area is 74.8 Å². The minimum absolute atomic E-state index is 0.0963. The lowest BCUT2D eigenvalue weighted by Gasteiger charge is -2.19. The van der Waals surface area contributed by atoms with Gasteiger partial charge in [0, 0.05) is 6.54 Å². The highest BCUT2D eigenvalue weighted by atomic mass is 31.2. The SMILES string of the molecule is C=CCNC(P(=O)(O)O)P(=O)(O)O. The van der Waals surface area contributed by atoms with Crippen LogP contribution in [-0.2, 0) is 9.13 Å². The van der Waals surface area contributed by atoms with Gasteiger partial charge < -0.3 is 19.6 Å². The third-order valence-corrected chi connectivity index (χ3v) is 4.53. The van der Waals surface area contributed by atoms with Crippen molar-refractivity contribution in [2.75, 3.05) is 6.54 Å². The van der Waals surface area contributed by atoms with Gasteiger partial charge in [0.05, 0.1) is 0 Å². The van der Waals surface area contributed by atoms with Gasteiger partial charge in [-0.1, -0.05) is 6.08 Å². The highest BCUT2D eigenvalue weighted by Gasteiger charge is 2.42. The molecule has 0 fully saturated rings. The summed E-state index contributed by atoms with van der Waals surface area (Å²) in [6, 6.07) is 0. The predicted octanol–water partition coefficient (Wildman–Crippen LogP) is -0.599. The van der Waals surface area contributed by atoms with Crippen LogP contribution >= 0.6 is 15.2 Å². The van der Waals surface area contributed by atoms with E-state index >= 15 is 0 Å². The molecule has 0 aromatic rings. The van der Waals surface area contributed by atoms with Crippen molar-refractivity contribution in [1.29, 1.82) is 0 Å². The highest BCUT2D eigenvalue weighted by Crippen LogP contribution is 2.58. The molecule has 0 heterocycles. The second-order valence-corrected chi connectivity index (χ2v) is 6.05. The smallest absolute Gasteiger partial charge is 0.323 e. The van der Waals surface area contributed by atoms with E-state index in [4.69, 9.17) is 19.6 Å². The van der Waals surface area contributed by atoms with E-state index < -0.39 is 20.7 Å². The minimum Gasteiger partial charge on any atom is -0.323 e. The van der Waals surface area contributed by atoms with Crippen LogP contribution in [0.4, 0.5) is 0 Å². The molecule has 0 aliphatic heterocycles. The van der Waals surface area contributed by atoms with Gasteiger partial charge in [0.1, 0.15) is 0 Å². The van der Waals surface area contributed by atoms with Crippen LogP contribution in [0.5, 0.6) is 0 Å². The quantitative estimate of drug-likeness (QED) is 0.315. The van der Waals surface area contributed by atoms with Crippen molar-refractivity contribution in [2.45, 2.75) is 5.52 Å². The van der Waals surface area contributed by atoms with E-state index in [1.165, 1.54) is 6.08 Å². The number of hydrogen-bond acceptors (Lipinski definition) is 3. The summed E-state index contributed by atoms with van der Waals surface area (Å²) in [4.78, 5) is 34.2. The van der Waals surface area contributed by atoms with Gasteiger partial charge in [-0.2, -0.15) is 0 Å². The molecule has 0 atom stereocenters. The van der Waals surface area contributed by atoms with Crippen molar-refractivity contribution < 1.29 is 28.7 Å². The van der Waals surface area contributed by atoms with Gasteiger partial charge >= 0.3 is 15.2 Å². The van der Waals surface area contributed by atoms with Crippen LogP contribution in [0.1, 0.15) is 0 Å². The average molecular weight is 231 g/mol. The zero-order valence-corrected chi connectivity index (χ0v) is 8.36. The molecular formula is C4H11NO6P2. The topological polar surface area (TPSA) is 127 Å². The van der Waals surface area contributed by atoms with Crippen molar-refractivity contribution >= 4 is 15.2 Å². The molecule has 0 aliphatic rings. The van der Waals surface area contributed by atoms with Crippen molar-refractivity contribution in [1.82, 2.24) is 5.32 Å². The summed E-state index contributed by atoms with van der Waals surface area (Å²) in [5.74, 6) is 0. The first-order valence-corrected chi connectivity index (χ1v) is 6.50. The monoisotopic (exact) mass is 231 g/mol. The molecule has 0 aliphatic carbocycles. The first kappa shape index (κ1) is 13.0. The molecule has 13 heavy (non-hydrogen) atoms. The molecule has 0 amide bonds. The Morgan fingerprint density at radius 2 is 1.62 bits per heavy atom. The van der Waals surface area contributed by atoms with E-state index in [2.05, 4.69) is 6.58 Å². The molecule has 5 N–H and O–H groups in total. The average Bonchev–Trinajstić information content (AvgIpc) is 1.81. The second-order valence-electron chi connectivity index (χ2n) is 2.25. The summed E-state index contributed by atoms with van der Waals surface area (Å²) in [5.41, 5.74) is -2.15. The Morgan fingerprint density at radius 1 is 1.23 bits per heavy atom. The Balaban J connectivity index is 4.68. The molecule has 0 aromatic carbocycles. The third-order valence-electron chi connectivity index (χ3n) is 1.08. The van der Waals surface area contributed by atoms with Gasteiger partial charge in [0.15, 0.2) is 0 Å². The number of hydrogen-bond donors (Lipinski definition) is 5. The van der Waals surface area contributed by atoms with Crippen LogP contribution in [0.25, 0.3) is 0 Å². The van der Waals surface area contributed by atoms with E-state index in [-0.39, 0.29) is 6.54 Å². The summed E-state index contributed by atoms with van der Waals surface area (Å²) in [6.45, 7) is 3.13. The fourth-order valence-corrected chi connectivity index (χ4v) is 2.88. The van der Waals surface area contributed by atoms with Gasteiger partial charge in [-0.05, 0) is 0 Å². The summed E-state index contributed by atoms with van der Waals surface area (Å²) >= 11 is 0. The van der Waals surface area contributed by atoms with Gasteiger partial charge in [-0.3, -0.25) is 14.4 Å². The molecular weight excluding hydrogens is 220 g/mol. The molecule has 78 valence electrons. The summed E-state index contributed by atoms with van der Waals surface area (Å²) in [6.07, 6.45) is 1.23. The second kappa shape index (κ2) is 4.48. The normalized spacial score (nSPS) is 13.3. The van der Waals surface area contributed by atoms with Crippen LogP contribution in [-0.4, -0.2) is 31.6 Å². The number of nitrogens with one attached hydrogen (secondary N) is 1. The summed E-state index contributed by atoms with van der Waals surface area (Å²) in [5, 5.41) is 2.01. The van der Waals surface area contributed by atoms with Crippen LogP contribution in [0.15, 0.2) is 12.7 Å². The maximum absolute atomic E-state index is 10.6. The Morgan fingerprint density at radius 3 is 1.85 bits per heavy atom. The van der Waals surface area contributed by atoms with E-state index in [1.54, 1.807) is 0 Å². The first-order chi connectivity index (χ1) is 5.69. The van der Waals surface area contributed by atoms with Gasteiger partial charge in [-0.25, -0.2) is 0 Å².